The predicted octanol–water partition coefficient (Wildman–Crippen LogP) is 5.57. The Hall–Kier alpha value is -1.06. The van der Waals surface area contributed by atoms with Gasteiger partial charge in [0.25, 0.3) is 12.9 Å². The average Bonchev–Trinajstić information content (AvgIpc) is 2.60. The predicted molar refractivity (Wildman–Crippen MR) is 97.9 cm³/mol. The van der Waals surface area contributed by atoms with Crippen molar-refractivity contribution in [1.29, 1.82) is 0 Å². The lowest BCUT2D eigenvalue weighted by Crippen LogP contribution is -1.91. The van der Waals surface area contributed by atoms with Gasteiger partial charge in [0, 0.05) is 0 Å². The van der Waals surface area contributed by atoms with Crippen LogP contribution >= 0.6 is 0 Å². The Morgan fingerprint density at radius 2 is 0.583 bits per heavy atom. The number of carbonyl (C=O) groups is 2. The van der Waals surface area contributed by atoms with Gasteiger partial charge in [-0.2, -0.15) is 0 Å². The van der Waals surface area contributed by atoms with Crippen LogP contribution in [0.2, 0.25) is 0 Å². The van der Waals surface area contributed by atoms with Gasteiger partial charge in [0.1, 0.15) is 0 Å². The van der Waals surface area contributed by atoms with Crippen LogP contribution in [0.5, 0.6) is 0 Å². The maximum absolute atomic E-state index is 9.96. The molecule has 0 N–H and O–H groups in total. The van der Waals surface area contributed by atoms with Crippen LogP contribution in [0.25, 0.3) is 0 Å². The molecule has 0 fully saturated rings. The first-order valence-electron chi connectivity index (χ1n) is 10.0. The quantitative estimate of drug-likeness (QED) is 0.202. The molecule has 0 bridgehead atoms. The Kier molecular flexibility index (Phi) is 21.0. The topological polar surface area (TPSA) is 52.6 Å². The maximum atomic E-state index is 9.96. The van der Waals surface area contributed by atoms with Crippen molar-refractivity contribution in [1.82, 2.24) is 0 Å². The van der Waals surface area contributed by atoms with Crippen molar-refractivity contribution in [3.8, 4) is 0 Å². The molecule has 0 aliphatic carbocycles. The highest BCUT2D eigenvalue weighted by atomic mass is 16.5. The molecule has 0 aromatic carbocycles. The summed E-state index contributed by atoms with van der Waals surface area (Å²) >= 11 is 0. The Bertz CT molecular complexity index is 230. The summed E-state index contributed by atoms with van der Waals surface area (Å²) in [5, 5.41) is 0. The van der Waals surface area contributed by atoms with Crippen molar-refractivity contribution >= 4 is 12.9 Å². The first-order valence-corrected chi connectivity index (χ1v) is 10.0. The van der Waals surface area contributed by atoms with Gasteiger partial charge in [0.15, 0.2) is 0 Å². The van der Waals surface area contributed by atoms with E-state index in [0.29, 0.717) is 26.2 Å². The van der Waals surface area contributed by atoms with E-state index in [1.807, 2.05) is 0 Å². The van der Waals surface area contributed by atoms with Gasteiger partial charge in [-0.3, -0.25) is 9.59 Å². The molecule has 4 nitrogen and oxygen atoms in total. The van der Waals surface area contributed by atoms with Gasteiger partial charge in [-0.25, -0.2) is 0 Å². The number of hydrogen-bond donors (Lipinski definition) is 0. The van der Waals surface area contributed by atoms with Crippen LogP contribution in [-0.4, -0.2) is 26.2 Å². The Balaban J connectivity index is 2.95. The third-order valence-electron chi connectivity index (χ3n) is 4.41. The fourth-order valence-corrected chi connectivity index (χ4v) is 2.94. The standard InChI is InChI=1S/C20H38O4/c21-19-23-17-15-13-11-9-7-5-3-1-2-4-6-8-10-12-14-16-18-24-20-22/h19-20H,1-18H2. The van der Waals surface area contributed by atoms with E-state index in [1.54, 1.807) is 0 Å². The summed E-state index contributed by atoms with van der Waals surface area (Å²) in [5.74, 6) is 0. The smallest absolute Gasteiger partial charge is 0.293 e. The van der Waals surface area contributed by atoms with Crippen molar-refractivity contribution in [3.63, 3.8) is 0 Å². The molecule has 0 rings (SSSR count). The lowest BCUT2D eigenvalue weighted by molar-refractivity contribution is -0.129. The molecule has 0 atom stereocenters. The Labute approximate surface area is 148 Å². The van der Waals surface area contributed by atoms with E-state index in [0.717, 1.165) is 12.8 Å². The summed E-state index contributed by atoms with van der Waals surface area (Å²) in [6.45, 7) is 2.23. The van der Waals surface area contributed by atoms with Crippen LogP contribution in [0.1, 0.15) is 103 Å². The average molecular weight is 343 g/mol. The number of carbonyl (C=O) groups excluding carboxylic acids is 2. The van der Waals surface area contributed by atoms with Crippen molar-refractivity contribution in [2.45, 2.75) is 103 Å². The zero-order valence-corrected chi connectivity index (χ0v) is 15.5. The van der Waals surface area contributed by atoms with Crippen molar-refractivity contribution in [3.05, 3.63) is 0 Å². The zero-order chi connectivity index (χ0) is 17.6. The second-order valence-electron chi connectivity index (χ2n) is 6.59. The summed E-state index contributed by atoms with van der Waals surface area (Å²) in [5.41, 5.74) is 0. The Morgan fingerprint density at radius 1 is 0.375 bits per heavy atom. The SMILES string of the molecule is O=COCCCCCCCCCCCCCCCCCCOC=O. The summed E-state index contributed by atoms with van der Waals surface area (Å²) in [6.07, 6.45) is 20.5. The molecule has 0 aromatic heterocycles. The summed E-state index contributed by atoms with van der Waals surface area (Å²) in [6, 6.07) is 0. The minimum absolute atomic E-state index is 0.535. The molecule has 0 heterocycles. The molecule has 0 aliphatic heterocycles. The normalized spacial score (nSPS) is 10.5. The maximum Gasteiger partial charge on any atom is 0.293 e. The third kappa shape index (κ3) is 20.9. The number of unbranched alkanes of at least 4 members (excludes halogenated alkanes) is 15. The molecule has 0 radical (unpaired) electrons. The molecule has 0 unspecified atom stereocenters. The van der Waals surface area contributed by atoms with E-state index < -0.39 is 0 Å². The molecule has 4 heteroatoms. The van der Waals surface area contributed by atoms with Crippen LogP contribution in [0.4, 0.5) is 0 Å². The van der Waals surface area contributed by atoms with Gasteiger partial charge < -0.3 is 9.47 Å². The highest BCUT2D eigenvalue weighted by Crippen LogP contribution is 2.13. The molecule has 0 saturated carbocycles. The van der Waals surface area contributed by atoms with Gasteiger partial charge in [-0.15, -0.1) is 0 Å². The summed E-state index contributed by atoms with van der Waals surface area (Å²) < 4.78 is 9.34. The molecule has 0 saturated heterocycles. The van der Waals surface area contributed by atoms with E-state index in [-0.39, 0.29) is 0 Å². The van der Waals surface area contributed by atoms with Gasteiger partial charge in [0.05, 0.1) is 13.2 Å². The van der Waals surface area contributed by atoms with E-state index in [2.05, 4.69) is 9.47 Å². The molecule has 0 aliphatic rings. The van der Waals surface area contributed by atoms with E-state index in [9.17, 15) is 9.59 Å². The van der Waals surface area contributed by atoms with Crippen molar-refractivity contribution in [2.24, 2.45) is 0 Å². The number of hydrogen-bond acceptors (Lipinski definition) is 4. The largest absolute Gasteiger partial charge is 0.468 e. The van der Waals surface area contributed by atoms with Crippen LogP contribution in [0.15, 0.2) is 0 Å². The fraction of sp³-hybridized carbons (Fsp3) is 0.900. The van der Waals surface area contributed by atoms with E-state index in [4.69, 9.17) is 0 Å². The second kappa shape index (κ2) is 21.9. The third-order valence-corrected chi connectivity index (χ3v) is 4.41. The van der Waals surface area contributed by atoms with Gasteiger partial charge in [-0.05, 0) is 12.8 Å². The molecule has 0 aromatic rings. The highest BCUT2D eigenvalue weighted by Gasteiger charge is 1.95. The van der Waals surface area contributed by atoms with Crippen LogP contribution in [0, 0.1) is 0 Å². The van der Waals surface area contributed by atoms with Crippen molar-refractivity contribution in [2.75, 3.05) is 13.2 Å². The minimum atomic E-state index is 0.535. The molecular weight excluding hydrogens is 304 g/mol. The zero-order valence-electron chi connectivity index (χ0n) is 15.5. The lowest BCUT2D eigenvalue weighted by atomic mass is 10.0. The number of ether oxygens (including phenoxy) is 2. The van der Waals surface area contributed by atoms with Crippen LogP contribution < -0.4 is 0 Å². The lowest BCUT2D eigenvalue weighted by Gasteiger charge is -2.04. The van der Waals surface area contributed by atoms with E-state index in [1.165, 1.54) is 89.9 Å². The monoisotopic (exact) mass is 342 g/mol. The highest BCUT2D eigenvalue weighted by molar-refractivity contribution is 5.36. The fourth-order valence-electron chi connectivity index (χ4n) is 2.94. The molecule has 142 valence electrons. The second-order valence-corrected chi connectivity index (χ2v) is 6.59. The van der Waals surface area contributed by atoms with Gasteiger partial charge >= 0.3 is 0 Å². The molecule has 0 spiro atoms. The van der Waals surface area contributed by atoms with Crippen LogP contribution in [-0.2, 0) is 19.1 Å². The summed E-state index contributed by atoms with van der Waals surface area (Å²) in [4.78, 5) is 19.9. The number of rotatable bonds is 21. The summed E-state index contributed by atoms with van der Waals surface area (Å²) in [7, 11) is 0. The molecule has 0 amide bonds. The molecule has 24 heavy (non-hydrogen) atoms. The molecular formula is C20H38O4. The first kappa shape index (κ1) is 22.9. The minimum Gasteiger partial charge on any atom is -0.468 e. The van der Waals surface area contributed by atoms with Crippen molar-refractivity contribution < 1.29 is 19.1 Å². The van der Waals surface area contributed by atoms with Gasteiger partial charge in [0.2, 0.25) is 0 Å². The Morgan fingerprint density at radius 3 is 0.792 bits per heavy atom. The van der Waals surface area contributed by atoms with Crippen LogP contribution in [0.3, 0.4) is 0 Å². The first-order chi connectivity index (χ1) is 11.9. The van der Waals surface area contributed by atoms with E-state index >= 15 is 0 Å². The van der Waals surface area contributed by atoms with Gasteiger partial charge in [-0.1, -0.05) is 89.9 Å².